The molecule has 0 saturated heterocycles. The van der Waals surface area contributed by atoms with Crippen LogP contribution in [0.1, 0.15) is 47.9 Å². The molecule has 0 spiro atoms. The number of allylic oxidation sites excluding steroid dienone is 2. The lowest BCUT2D eigenvalue weighted by Gasteiger charge is -2.24. The molecule has 1 aliphatic carbocycles. The number of benzene rings is 3. The summed E-state index contributed by atoms with van der Waals surface area (Å²) in [7, 11) is 0. The van der Waals surface area contributed by atoms with Crippen molar-refractivity contribution in [1.82, 2.24) is 0 Å². The number of hydrogen-bond donors (Lipinski definition) is 0. The van der Waals surface area contributed by atoms with Crippen molar-refractivity contribution in [3.63, 3.8) is 0 Å². The average molecular weight is 517 g/mol. The van der Waals surface area contributed by atoms with E-state index in [2.05, 4.69) is 0 Å². The van der Waals surface area contributed by atoms with E-state index < -0.39 is 35.0 Å². The summed E-state index contributed by atoms with van der Waals surface area (Å²) < 4.78 is 93.9. The van der Waals surface area contributed by atoms with Crippen molar-refractivity contribution >= 4 is 22.9 Å². The number of fused-ring (bicyclic) bond motifs is 1. The van der Waals surface area contributed by atoms with Crippen LogP contribution in [0.25, 0.3) is 22.9 Å². The van der Waals surface area contributed by atoms with Gasteiger partial charge in [-0.15, -0.1) is 0 Å². The van der Waals surface area contributed by atoms with Gasteiger partial charge in [0, 0.05) is 16.9 Å². The van der Waals surface area contributed by atoms with Crippen LogP contribution in [0, 0.1) is 53.9 Å². The molecule has 0 heterocycles. The predicted octanol–water partition coefficient (Wildman–Crippen LogP) is 9.15. The van der Waals surface area contributed by atoms with Crippen molar-refractivity contribution < 1.29 is 30.7 Å². The lowest BCUT2D eigenvalue weighted by atomic mass is 9.81. The Labute approximate surface area is 210 Å². The molecule has 0 nitrogen and oxygen atoms in total. The first-order valence-electron chi connectivity index (χ1n) is 11.8. The summed E-state index contributed by atoms with van der Waals surface area (Å²) in [6, 6.07) is 8.17. The van der Waals surface area contributed by atoms with Gasteiger partial charge in [-0.3, -0.25) is 0 Å². The van der Waals surface area contributed by atoms with Gasteiger partial charge in [-0.2, -0.15) is 13.2 Å². The van der Waals surface area contributed by atoms with Crippen LogP contribution < -0.4 is 0 Å². The molecule has 4 rings (SSSR count). The zero-order valence-electron chi connectivity index (χ0n) is 19.9. The number of halogens is 7. The molecule has 3 aromatic rings. The molecular formula is C30H23F7. The van der Waals surface area contributed by atoms with Gasteiger partial charge in [0.15, 0.2) is 0 Å². The van der Waals surface area contributed by atoms with E-state index in [1.807, 2.05) is 18.2 Å². The number of hydrogen-bond acceptors (Lipinski definition) is 0. The van der Waals surface area contributed by atoms with Crippen molar-refractivity contribution in [3.8, 4) is 11.8 Å². The molecule has 0 N–H and O–H groups in total. The standard InChI is InChI=1S/C30H23F7/c1-18-14-26(31)24(27(32)15-18)11-8-20-4-2-19(3-5-20)6-7-21-9-10-23-22(16-21)17-28(33)25(29(23)34)12-13-30(35,36)37/h6-11,14-17,19-20H,2-5H2,1H3/b7-6+,11-8+. The van der Waals surface area contributed by atoms with Crippen molar-refractivity contribution in [2.24, 2.45) is 11.8 Å². The Balaban J connectivity index is 1.41. The van der Waals surface area contributed by atoms with Gasteiger partial charge in [0.2, 0.25) is 0 Å². The van der Waals surface area contributed by atoms with Gasteiger partial charge in [-0.05, 0) is 85.2 Å². The van der Waals surface area contributed by atoms with E-state index in [1.165, 1.54) is 24.3 Å². The summed E-state index contributed by atoms with van der Waals surface area (Å²) in [5, 5.41) is 0.206. The third-order valence-corrected chi connectivity index (χ3v) is 6.52. The Kier molecular flexibility index (Phi) is 7.77. The maximum absolute atomic E-state index is 14.6. The molecule has 1 fully saturated rings. The Morgan fingerprint density at radius 1 is 0.784 bits per heavy atom. The molecule has 0 bridgehead atoms. The van der Waals surface area contributed by atoms with E-state index in [4.69, 9.17) is 0 Å². The van der Waals surface area contributed by atoms with Gasteiger partial charge < -0.3 is 0 Å². The molecule has 0 aromatic heterocycles. The molecule has 0 atom stereocenters. The van der Waals surface area contributed by atoms with Crippen LogP contribution in [0.2, 0.25) is 0 Å². The van der Waals surface area contributed by atoms with Crippen LogP contribution >= 0.6 is 0 Å². The topological polar surface area (TPSA) is 0 Å². The summed E-state index contributed by atoms with van der Waals surface area (Å²) in [4.78, 5) is 0. The fraction of sp³-hybridized carbons (Fsp3) is 0.267. The van der Waals surface area contributed by atoms with Crippen LogP contribution in [-0.4, -0.2) is 6.18 Å². The maximum atomic E-state index is 14.6. The van der Waals surface area contributed by atoms with Crippen molar-refractivity contribution in [3.05, 3.63) is 94.1 Å². The lowest BCUT2D eigenvalue weighted by molar-refractivity contribution is -0.0696. The highest BCUT2D eigenvalue weighted by atomic mass is 19.4. The average Bonchev–Trinajstić information content (AvgIpc) is 2.81. The first-order valence-corrected chi connectivity index (χ1v) is 11.8. The Bertz CT molecular complexity index is 1400. The first-order chi connectivity index (χ1) is 17.5. The summed E-state index contributed by atoms with van der Waals surface area (Å²) in [5.74, 6) is -0.497. The summed E-state index contributed by atoms with van der Waals surface area (Å²) in [6.07, 6.45) is 5.86. The lowest BCUT2D eigenvalue weighted by Crippen LogP contribution is -2.11. The minimum absolute atomic E-state index is 0.0150. The molecule has 0 radical (unpaired) electrons. The van der Waals surface area contributed by atoms with Crippen molar-refractivity contribution in [2.75, 3.05) is 0 Å². The minimum Gasteiger partial charge on any atom is -0.206 e. The van der Waals surface area contributed by atoms with Crippen molar-refractivity contribution in [1.29, 1.82) is 0 Å². The third-order valence-electron chi connectivity index (χ3n) is 6.52. The fourth-order valence-electron chi connectivity index (χ4n) is 4.58. The predicted molar refractivity (Wildman–Crippen MR) is 131 cm³/mol. The molecular weight excluding hydrogens is 493 g/mol. The second-order valence-corrected chi connectivity index (χ2v) is 9.31. The van der Waals surface area contributed by atoms with Gasteiger partial charge >= 0.3 is 6.18 Å². The zero-order chi connectivity index (χ0) is 26.7. The van der Waals surface area contributed by atoms with Crippen LogP contribution in [0.4, 0.5) is 30.7 Å². The molecule has 0 aliphatic heterocycles. The van der Waals surface area contributed by atoms with E-state index in [0.29, 0.717) is 11.1 Å². The fourth-order valence-corrected chi connectivity index (χ4v) is 4.58. The summed E-state index contributed by atoms with van der Waals surface area (Å²) in [6.45, 7) is 1.64. The quantitative estimate of drug-likeness (QED) is 0.240. The van der Waals surface area contributed by atoms with Crippen LogP contribution in [0.3, 0.4) is 0 Å². The van der Waals surface area contributed by atoms with Gasteiger partial charge in [-0.25, -0.2) is 17.6 Å². The minimum atomic E-state index is -4.85. The van der Waals surface area contributed by atoms with Gasteiger partial charge in [0.1, 0.15) is 23.3 Å². The maximum Gasteiger partial charge on any atom is 0.458 e. The van der Waals surface area contributed by atoms with E-state index in [1.54, 1.807) is 25.0 Å². The second-order valence-electron chi connectivity index (χ2n) is 9.31. The van der Waals surface area contributed by atoms with E-state index >= 15 is 0 Å². The molecule has 0 amide bonds. The SMILES string of the molecule is Cc1cc(F)c(/C=C/C2CCC(/C=C/c3ccc4c(F)c(C#CC(F)(F)F)c(F)cc4c3)CC2)c(F)c1. The summed E-state index contributed by atoms with van der Waals surface area (Å²) >= 11 is 0. The van der Waals surface area contributed by atoms with Crippen LogP contribution in [-0.2, 0) is 0 Å². The second kappa shape index (κ2) is 10.8. The number of rotatable bonds is 4. The molecule has 1 aliphatic rings. The highest BCUT2D eigenvalue weighted by Gasteiger charge is 2.24. The molecule has 37 heavy (non-hydrogen) atoms. The van der Waals surface area contributed by atoms with Crippen LogP contribution in [0.5, 0.6) is 0 Å². The Morgan fingerprint density at radius 2 is 1.38 bits per heavy atom. The van der Waals surface area contributed by atoms with Gasteiger partial charge in [-0.1, -0.05) is 42.4 Å². The molecule has 0 unspecified atom stereocenters. The van der Waals surface area contributed by atoms with E-state index in [9.17, 15) is 30.7 Å². The number of alkyl halides is 3. The Hall–Kier alpha value is -3.53. The van der Waals surface area contributed by atoms with Crippen molar-refractivity contribution in [2.45, 2.75) is 38.8 Å². The number of aryl methyl sites for hydroxylation is 1. The zero-order valence-corrected chi connectivity index (χ0v) is 19.9. The van der Waals surface area contributed by atoms with Crippen LogP contribution in [0.15, 0.2) is 48.6 Å². The third kappa shape index (κ3) is 6.62. The van der Waals surface area contributed by atoms with Gasteiger partial charge in [0.25, 0.3) is 0 Å². The first kappa shape index (κ1) is 26.5. The molecule has 3 aromatic carbocycles. The van der Waals surface area contributed by atoms with Gasteiger partial charge in [0.05, 0.1) is 5.56 Å². The molecule has 1 saturated carbocycles. The summed E-state index contributed by atoms with van der Waals surface area (Å²) in [5.41, 5.74) is 0.289. The van der Waals surface area contributed by atoms with E-state index in [-0.39, 0.29) is 28.2 Å². The molecule has 7 heteroatoms. The largest absolute Gasteiger partial charge is 0.458 e. The normalized spacial score (nSPS) is 18.5. The molecule has 192 valence electrons. The monoisotopic (exact) mass is 516 g/mol. The highest BCUT2D eigenvalue weighted by Crippen LogP contribution is 2.32. The smallest absolute Gasteiger partial charge is 0.206 e. The highest BCUT2D eigenvalue weighted by molar-refractivity contribution is 5.87. The van der Waals surface area contributed by atoms with E-state index in [0.717, 1.165) is 37.7 Å². The Morgan fingerprint density at radius 3 is 1.97 bits per heavy atom.